The molecular weight excluding hydrogens is 506 g/mol. The number of carbonyl (C=O) groups excluding carboxylic acids is 2. The van der Waals surface area contributed by atoms with Gasteiger partial charge in [0.1, 0.15) is 29.6 Å². The number of aryl methyl sites for hydroxylation is 1. The average Bonchev–Trinajstić information content (AvgIpc) is 3.65. The number of anilines is 1. The van der Waals surface area contributed by atoms with Gasteiger partial charge >= 0.3 is 0 Å². The maximum atomic E-state index is 14.4. The van der Waals surface area contributed by atoms with E-state index < -0.39 is 6.04 Å². The lowest BCUT2D eigenvalue weighted by molar-refractivity contribution is -0.127. The van der Waals surface area contributed by atoms with Gasteiger partial charge in [0, 0.05) is 17.3 Å². The molecule has 4 aromatic rings. The molecule has 0 spiro atoms. The Morgan fingerprint density at radius 1 is 1.02 bits per heavy atom. The zero-order valence-electron chi connectivity index (χ0n) is 23.2. The van der Waals surface area contributed by atoms with Crippen LogP contribution in [0.25, 0.3) is 11.0 Å². The number of hydrogen-bond acceptors (Lipinski definition) is 6. The Morgan fingerprint density at radius 3 is 2.52 bits per heavy atom. The first kappa shape index (κ1) is 27.2. The summed E-state index contributed by atoms with van der Waals surface area (Å²) in [6, 6.07) is 19.6. The minimum absolute atomic E-state index is 0.0595. The minimum Gasteiger partial charge on any atom is -0.497 e. The van der Waals surface area contributed by atoms with Crippen LogP contribution in [0.1, 0.15) is 49.8 Å². The predicted molar refractivity (Wildman–Crippen MR) is 154 cm³/mol. The molecular formula is C31H35N5O4. The highest BCUT2D eigenvalue weighted by Crippen LogP contribution is 2.38. The Balaban J connectivity index is 1.66. The third kappa shape index (κ3) is 5.50. The molecule has 0 saturated heterocycles. The molecule has 1 atom stereocenters. The molecule has 1 heterocycles. The molecule has 1 N–H and O–H groups in total. The quantitative estimate of drug-likeness (QED) is 0.308. The van der Waals surface area contributed by atoms with Crippen LogP contribution in [0, 0.1) is 0 Å². The van der Waals surface area contributed by atoms with Crippen molar-refractivity contribution in [1.29, 1.82) is 0 Å². The number of aromatic nitrogens is 3. The summed E-state index contributed by atoms with van der Waals surface area (Å²) in [5.74, 6) is 0.493. The third-order valence-electron chi connectivity index (χ3n) is 7.55. The van der Waals surface area contributed by atoms with Gasteiger partial charge in [0.25, 0.3) is 0 Å². The highest BCUT2D eigenvalue weighted by Gasteiger charge is 2.37. The largest absolute Gasteiger partial charge is 0.497 e. The van der Waals surface area contributed by atoms with Crippen molar-refractivity contribution in [3.05, 3.63) is 77.9 Å². The van der Waals surface area contributed by atoms with Gasteiger partial charge in [-0.3, -0.25) is 14.5 Å². The van der Waals surface area contributed by atoms with Gasteiger partial charge in [-0.05, 0) is 61.2 Å². The molecule has 1 aliphatic rings. The summed E-state index contributed by atoms with van der Waals surface area (Å²) in [7, 11) is 3.13. The Morgan fingerprint density at radius 2 is 1.77 bits per heavy atom. The molecule has 40 heavy (non-hydrogen) atoms. The lowest BCUT2D eigenvalue weighted by Crippen LogP contribution is -2.47. The number of amides is 2. The second kappa shape index (κ2) is 12.2. The summed E-state index contributed by atoms with van der Waals surface area (Å²) in [6.07, 6.45) is 4.65. The summed E-state index contributed by atoms with van der Waals surface area (Å²) in [5, 5.41) is 11.7. The van der Waals surface area contributed by atoms with Crippen molar-refractivity contribution in [2.75, 3.05) is 19.1 Å². The Kier molecular flexibility index (Phi) is 8.28. The van der Waals surface area contributed by atoms with Crippen LogP contribution < -0.4 is 19.7 Å². The van der Waals surface area contributed by atoms with Gasteiger partial charge in [0.2, 0.25) is 11.8 Å². The van der Waals surface area contributed by atoms with Crippen LogP contribution in [0.4, 0.5) is 5.69 Å². The van der Waals surface area contributed by atoms with Gasteiger partial charge < -0.3 is 14.8 Å². The normalized spacial score (nSPS) is 14.2. The minimum atomic E-state index is -1.01. The SMILES string of the molecule is CCc1ccccc1N(C(=O)Cn1nnc2ccccc21)[C@H](C(=O)NC1CCCC1)c1cc(OC)ccc1OC. The standard InChI is InChI=1S/C31H35N5O4/c1-4-21-11-5-9-15-26(21)36(29(37)20-35-27-16-10-8-14-25(27)33-34-35)30(31(38)32-22-12-6-7-13-22)24-19-23(39-2)17-18-28(24)40-3/h5,8-11,14-19,22,30H,4,6-7,12-13,20H2,1-3H3,(H,32,38)/t30-/m0/s1. The van der Waals surface area contributed by atoms with E-state index in [0.29, 0.717) is 34.7 Å². The summed E-state index contributed by atoms with van der Waals surface area (Å²) in [5.41, 5.74) is 3.59. The van der Waals surface area contributed by atoms with E-state index in [2.05, 4.69) is 15.6 Å². The van der Waals surface area contributed by atoms with E-state index in [1.54, 1.807) is 42.0 Å². The molecule has 1 aliphatic carbocycles. The van der Waals surface area contributed by atoms with E-state index in [1.807, 2.05) is 55.5 Å². The van der Waals surface area contributed by atoms with E-state index in [0.717, 1.165) is 36.8 Å². The smallest absolute Gasteiger partial charge is 0.249 e. The molecule has 1 saturated carbocycles. The van der Waals surface area contributed by atoms with Crippen LogP contribution in [-0.4, -0.2) is 47.1 Å². The van der Waals surface area contributed by atoms with Gasteiger partial charge in [-0.1, -0.05) is 55.3 Å². The number of ether oxygens (including phenoxy) is 2. The molecule has 2 amide bonds. The molecule has 9 nitrogen and oxygen atoms in total. The highest BCUT2D eigenvalue weighted by atomic mass is 16.5. The fourth-order valence-electron chi connectivity index (χ4n) is 5.50. The maximum Gasteiger partial charge on any atom is 0.249 e. The number of para-hydroxylation sites is 2. The topological polar surface area (TPSA) is 98.6 Å². The van der Waals surface area contributed by atoms with E-state index in [-0.39, 0.29) is 24.4 Å². The van der Waals surface area contributed by atoms with Crippen LogP contribution in [0.5, 0.6) is 11.5 Å². The summed E-state index contributed by atoms with van der Waals surface area (Å²) >= 11 is 0. The fourth-order valence-corrected chi connectivity index (χ4v) is 5.50. The van der Waals surface area contributed by atoms with Crippen LogP contribution in [-0.2, 0) is 22.6 Å². The summed E-state index contributed by atoms with van der Waals surface area (Å²) < 4.78 is 12.8. The van der Waals surface area contributed by atoms with Gasteiger partial charge in [0.15, 0.2) is 0 Å². The van der Waals surface area contributed by atoms with Crippen molar-refractivity contribution in [3.63, 3.8) is 0 Å². The van der Waals surface area contributed by atoms with E-state index in [4.69, 9.17) is 9.47 Å². The van der Waals surface area contributed by atoms with Crippen LogP contribution in [0.3, 0.4) is 0 Å². The number of fused-ring (bicyclic) bond motifs is 1. The zero-order chi connectivity index (χ0) is 28.1. The Bertz CT molecular complexity index is 1490. The molecule has 208 valence electrons. The van der Waals surface area contributed by atoms with Crippen molar-refractivity contribution in [2.24, 2.45) is 0 Å². The molecule has 1 aromatic heterocycles. The summed E-state index contributed by atoms with van der Waals surface area (Å²) in [4.78, 5) is 30.3. The number of methoxy groups -OCH3 is 2. The predicted octanol–water partition coefficient (Wildman–Crippen LogP) is 4.84. The van der Waals surface area contributed by atoms with Crippen molar-refractivity contribution in [2.45, 2.75) is 57.7 Å². The van der Waals surface area contributed by atoms with E-state index in [1.165, 1.54) is 0 Å². The van der Waals surface area contributed by atoms with Gasteiger partial charge in [0.05, 0.1) is 19.7 Å². The molecule has 9 heteroatoms. The van der Waals surface area contributed by atoms with Crippen molar-refractivity contribution >= 4 is 28.5 Å². The van der Waals surface area contributed by atoms with E-state index in [9.17, 15) is 9.59 Å². The Labute approximate surface area is 234 Å². The van der Waals surface area contributed by atoms with Crippen LogP contribution >= 0.6 is 0 Å². The average molecular weight is 542 g/mol. The van der Waals surface area contributed by atoms with Crippen molar-refractivity contribution in [1.82, 2.24) is 20.3 Å². The number of nitrogens with one attached hydrogen (secondary N) is 1. The van der Waals surface area contributed by atoms with E-state index >= 15 is 0 Å². The molecule has 0 unspecified atom stereocenters. The van der Waals surface area contributed by atoms with Crippen LogP contribution in [0.2, 0.25) is 0 Å². The number of benzene rings is 3. The lowest BCUT2D eigenvalue weighted by Gasteiger charge is -2.34. The van der Waals surface area contributed by atoms with Crippen molar-refractivity contribution < 1.29 is 19.1 Å². The maximum absolute atomic E-state index is 14.4. The lowest BCUT2D eigenvalue weighted by atomic mass is 9.99. The first-order valence-electron chi connectivity index (χ1n) is 13.7. The zero-order valence-corrected chi connectivity index (χ0v) is 23.2. The number of hydrogen-bond donors (Lipinski definition) is 1. The monoisotopic (exact) mass is 541 g/mol. The van der Waals surface area contributed by atoms with Gasteiger partial charge in [-0.15, -0.1) is 5.10 Å². The first-order valence-corrected chi connectivity index (χ1v) is 13.7. The van der Waals surface area contributed by atoms with Gasteiger partial charge in [-0.25, -0.2) is 4.68 Å². The van der Waals surface area contributed by atoms with Gasteiger partial charge in [-0.2, -0.15) is 0 Å². The first-order chi connectivity index (χ1) is 19.5. The molecule has 0 aliphatic heterocycles. The fraction of sp³-hybridized carbons (Fsp3) is 0.355. The molecule has 5 rings (SSSR count). The number of nitrogens with zero attached hydrogens (tertiary/aromatic N) is 4. The van der Waals surface area contributed by atoms with Crippen LogP contribution in [0.15, 0.2) is 66.7 Å². The summed E-state index contributed by atoms with van der Waals surface area (Å²) in [6.45, 7) is 1.93. The third-order valence-corrected chi connectivity index (χ3v) is 7.55. The highest BCUT2D eigenvalue weighted by molar-refractivity contribution is 6.02. The molecule has 3 aromatic carbocycles. The molecule has 0 bridgehead atoms. The molecule has 0 radical (unpaired) electrons. The second-order valence-corrected chi connectivity index (χ2v) is 9.98. The van der Waals surface area contributed by atoms with Crippen molar-refractivity contribution in [3.8, 4) is 11.5 Å². The number of carbonyl (C=O) groups is 2. The number of rotatable bonds is 10. The molecule has 1 fully saturated rings. The second-order valence-electron chi connectivity index (χ2n) is 9.98. The Hall–Kier alpha value is -4.40.